The van der Waals surface area contributed by atoms with Crippen molar-refractivity contribution in [3.8, 4) is 0 Å². The number of hydrogen-bond donors (Lipinski definition) is 0. The van der Waals surface area contributed by atoms with E-state index in [1.165, 1.54) is 12.1 Å². The van der Waals surface area contributed by atoms with E-state index in [2.05, 4.69) is 0 Å². The Labute approximate surface area is 92.8 Å². The highest BCUT2D eigenvalue weighted by atomic mass is 19.1. The summed E-state index contributed by atoms with van der Waals surface area (Å²) in [4.78, 5) is 13.4. The molecule has 2 aliphatic heterocycles. The molecule has 1 aromatic carbocycles. The van der Waals surface area contributed by atoms with Crippen LogP contribution in [0.1, 0.15) is 25.3 Å². The molecule has 1 saturated heterocycles. The number of carbonyl (C=O) groups is 1. The highest BCUT2D eigenvalue weighted by molar-refractivity contribution is 5.98. The molecule has 0 radical (unpaired) electrons. The van der Waals surface area contributed by atoms with Crippen LogP contribution in [-0.4, -0.2) is 11.6 Å². The summed E-state index contributed by atoms with van der Waals surface area (Å²) in [6.07, 6.45) is 1.13. The minimum absolute atomic E-state index is 0.00838. The molecule has 2 heterocycles. The van der Waals surface area contributed by atoms with Gasteiger partial charge in [0.1, 0.15) is 11.5 Å². The lowest BCUT2D eigenvalue weighted by Crippen LogP contribution is -2.48. The Morgan fingerprint density at radius 2 is 2.31 bits per heavy atom. The molecular weight excluding hydrogens is 209 g/mol. The molecule has 16 heavy (non-hydrogen) atoms. The number of benzene rings is 1. The van der Waals surface area contributed by atoms with Gasteiger partial charge in [0.25, 0.3) is 0 Å². The van der Waals surface area contributed by atoms with E-state index >= 15 is 0 Å². The molecule has 84 valence electrons. The first-order valence-electron chi connectivity index (χ1n) is 5.36. The van der Waals surface area contributed by atoms with E-state index < -0.39 is 5.72 Å². The van der Waals surface area contributed by atoms with Crippen molar-refractivity contribution in [3.05, 3.63) is 29.6 Å². The Hall–Kier alpha value is -1.42. The summed E-state index contributed by atoms with van der Waals surface area (Å²) in [5.74, 6) is -0.309. The average Bonchev–Trinajstić information content (AvgIpc) is 2.55. The number of rotatable bonds is 0. The predicted molar refractivity (Wildman–Crippen MR) is 56.3 cm³/mol. The number of amides is 1. The first kappa shape index (κ1) is 9.78. The fourth-order valence-corrected chi connectivity index (χ4v) is 2.45. The fourth-order valence-electron chi connectivity index (χ4n) is 2.45. The molecule has 4 heteroatoms. The molecule has 1 amide bonds. The van der Waals surface area contributed by atoms with E-state index in [0.29, 0.717) is 25.1 Å². The Balaban J connectivity index is 2.17. The largest absolute Gasteiger partial charge is 0.351 e. The lowest BCUT2D eigenvalue weighted by Gasteiger charge is -2.40. The first-order valence-corrected chi connectivity index (χ1v) is 5.36. The number of ether oxygens (including phenoxy) is 1. The number of carbonyl (C=O) groups excluding carboxylic acids is 1. The third kappa shape index (κ3) is 1.19. The quantitative estimate of drug-likeness (QED) is 0.672. The van der Waals surface area contributed by atoms with Crippen LogP contribution in [0.3, 0.4) is 0 Å². The van der Waals surface area contributed by atoms with Gasteiger partial charge in [0.15, 0.2) is 0 Å². The zero-order valence-electron chi connectivity index (χ0n) is 9.00. The van der Waals surface area contributed by atoms with Crippen molar-refractivity contribution in [2.75, 3.05) is 4.90 Å². The summed E-state index contributed by atoms with van der Waals surface area (Å²) in [5.41, 5.74) is 0.947. The van der Waals surface area contributed by atoms with Crippen LogP contribution >= 0.6 is 0 Å². The van der Waals surface area contributed by atoms with E-state index in [9.17, 15) is 9.18 Å². The van der Waals surface area contributed by atoms with Gasteiger partial charge in [-0.05, 0) is 19.1 Å². The number of halogens is 1. The van der Waals surface area contributed by atoms with E-state index in [1.807, 2.05) is 6.92 Å². The second-order valence-corrected chi connectivity index (χ2v) is 4.47. The molecule has 2 aliphatic rings. The molecule has 0 aromatic heterocycles. The summed E-state index contributed by atoms with van der Waals surface area (Å²) in [5, 5.41) is 0. The molecule has 0 aliphatic carbocycles. The molecule has 1 aromatic rings. The Morgan fingerprint density at radius 3 is 3.12 bits per heavy atom. The van der Waals surface area contributed by atoms with Crippen LogP contribution in [0.15, 0.2) is 18.2 Å². The second-order valence-electron chi connectivity index (χ2n) is 4.47. The summed E-state index contributed by atoms with van der Waals surface area (Å²) in [6.45, 7) is 2.32. The Morgan fingerprint density at radius 1 is 1.50 bits per heavy atom. The van der Waals surface area contributed by atoms with Gasteiger partial charge in [-0.25, -0.2) is 4.39 Å². The van der Waals surface area contributed by atoms with Crippen molar-refractivity contribution in [1.82, 2.24) is 0 Å². The smallest absolute Gasteiger partial charge is 0.229 e. The monoisotopic (exact) mass is 221 g/mol. The average molecular weight is 221 g/mol. The van der Waals surface area contributed by atoms with Gasteiger partial charge in [0.05, 0.1) is 12.3 Å². The van der Waals surface area contributed by atoms with Gasteiger partial charge in [-0.15, -0.1) is 0 Å². The molecule has 3 rings (SSSR count). The standard InChI is InChI=1S/C12H12FNO2/c1-12-5-4-11(15)14(12)10-6-9(13)3-2-8(10)7-16-12/h2-3,6H,4-5,7H2,1H3. The van der Waals surface area contributed by atoms with Crippen LogP contribution in [0.5, 0.6) is 0 Å². The summed E-state index contributed by atoms with van der Waals surface area (Å²) < 4.78 is 18.9. The maximum atomic E-state index is 13.2. The lowest BCUT2D eigenvalue weighted by atomic mass is 10.1. The van der Waals surface area contributed by atoms with E-state index in [1.54, 1.807) is 11.0 Å². The minimum Gasteiger partial charge on any atom is -0.351 e. The Kier molecular flexibility index (Phi) is 1.86. The van der Waals surface area contributed by atoms with Gasteiger partial charge in [0, 0.05) is 18.4 Å². The van der Waals surface area contributed by atoms with Crippen LogP contribution in [0, 0.1) is 5.82 Å². The molecule has 0 N–H and O–H groups in total. The van der Waals surface area contributed by atoms with Crippen molar-refractivity contribution in [2.45, 2.75) is 32.1 Å². The van der Waals surface area contributed by atoms with Crippen molar-refractivity contribution in [3.63, 3.8) is 0 Å². The summed E-state index contributed by atoms with van der Waals surface area (Å²) in [7, 11) is 0. The molecule has 1 fully saturated rings. The predicted octanol–water partition coefficient (Wildman–Crippen LogP) is 2.20. The molecule has 0 bridgehead atoms. The molecule has 1 atom stereocenters. The SMILES string of the molecule is CC12CCC(=O)N1c1cc(F)ccc1CO2. The van der Waals surface area contributed by atoms with Gasteiger partial charge in [-0.2, -0.15) is 0 Å². The maximum Gasteiger partial charge on any atom is 0.229 e. The summed E-state index contributed by atoms with van der Waals surface area (Å²) >= 11 is 0. The first-order chi connectivity index (χ1) is 7.60. The van der Waals surface area contributed by atoms with Crippen LogP contribution in [-0.2, 0) is 16.1 Å². The van der Waals surface area contributed by atoms with Gasteiger partial charge >= 0.3 is 0 Å². The maximum absolute atomic E-state index is 13.2. The number of nitrogens with zero attached hydrogens (tertiary/aromatic N) is 1. The minimum atomic E-state index is -0.585. The topological polar surface area (TPSA) is 29.5 Å². The van der Waals surface area contributed by atoms with Crippen LogP contribution in [0.2, 0.25) is 0 Å². The number of anilines is 1. The molecule has 1 unspecified atom stereocenters. The van der Waals surface area contributed by atoms with Crippen molar-refractivity contribution in [2.24, 2.45) is 0 Å². The van der Waals surface area contributed by atoms with Crippen LogP contribution < -0.4 is 4.90 Å². The molecule has 0 spiro atoms. The van der Waals surface area contributed by atoms with Crippen molar-refractivity contribution in [1.29, 1.82) is 0 Å². The van der Waals surface area contributed by atoms with E-state index in [-0.39, 0.29) is 11.7 Å². The normalized spacial score (nSPS) is 27.9. The second kappa shape index (κ2) is 3.04. The number of hydrogen-bond acceptors (Lipinski definition) is 2. The van der Waals surface area contributed by atoms with Gasteiger partial charge in [-0.1, -0.05) is 6.07 Å². The third-order valence-electron chi connectivity index (χ3n) is 3.35. The molecule has 3 nitrogen and oxygen atoms in total. The highest BCUT2D eigenvalue weighted by Crippen LogP contribution is 2.42. The lowest BCUT2D eigenvalue weighted by molar-refractivity contribution is -0.120. The Bertz CT molecular complexity index is 474. The van der Waals surface area contributed by atoms with Gasteiger partial charge in [-0.3, -0.25) is 9.69 Å². The van der Waals surface area contributed by atoms with E-state index in [4.69, 9.17) is 4.74 Å². The van der Waals surface area contributed by atoms with Crippen molar-refractivity contribution < 1.29 is 13.9 Å². The zero-order chi connectivity index (χ0) is 11.3. The third-order valence-corrected chi connectivity index (χ3v) is 3.35. The number of fused-ring (bicyclic) bond motifs is 3. The van der Waals surface area contributed by atoms with E-state index in [0.717, 1.165) is 5.56 Å². The van der Waals surface area contributed by atoms with Crippen LogP contribution in [0.25, 0.3) is 0 Å². The molecule has 0 saturated carbocycles. The van der Waals surface area contributed by atoms with Crippen molar-refractivity contribution >= 4 is 11.6 Å². The van der Waals surface area contributed by atoms with Crippen LogP contribution in [0.4, 0.5) is 10.1 Å². The fraction of sp³-hybridized carbons (Fsp3) is 0.417. The van der Waals surface area contributed by atoms with Gasteiger partial charge < -0.3 is 4.74 Å². The molecular formula is C12H12FNO2. The zero-order valence-corrected chi connectivity index (χ0v) is 9.00. The highest BCUT2D eigenvalue weighted by Gasteiger charge is 2.46. The van der Waals surface area contributed by atoms with Gasteiger partial charge in [0.2, 0.25) is 5.91 Å². The summed E-state index contributed by atoms with van der Waals surface area (Å²) in [6, 6.07) is 4.49.